The van der Waals surface area contributed by atoms with Crippen molar-refractivity contribution in [2.75, 3.05) is 0 Å². The lowest BCUT2D eigenvalue weighted by Crippen LogP contribution is -1.97. The van der Waals surface area contributed by atoms with Crippen molar-refractivity contribution in [2.24, 2.45) is 4.99 Å². The van der Waals surface area contributed by atoms with Gasteiger partial charge in [-0.1, -0.05) is 30.3 Å². The van der Waals surface area contributed by atoms with Gasteiger partial charge in [0.15, 0.2) is 0 Å². The number of nitriles is 1. The minimum absolute atomic E-state index is 0.637. The van der Waals surface area contributed by atoms with Crippen LogP contribution in [0.1, 0.15) is 11.3 Å². The molecule has 25 heavy (non-hydrogen) atoms. The zero-order valence-electron chi connectivity index (χ0n) is 13.5. The predicted octanol–water partition coefficient (Wildman–Crippen LogP) is 5.25. The first-order valence-electron chi connectivity index (χ1n) is 8.04. The van der Waals surface area contributed by atoms with Crippen LogP contribution in [0, 0.1) is 11.3 Å². The zero-order chi connectivity index (χ0) is 17.1. The Morgan fingerprint density at radius 1 is 0.840 bits per heavy atom. The summed E-state index contributed by atoms with van der Waals surface area (Å²) in [7, 11) is 0. The highest BCUT2D eigenvalue weighted by atomic mass is 15.0. The summed E-state index contributed by atoms with van der Waals surface area (Å²) in [6, 6.07) is 28.1. The maximum atomic E-state index is 8.85. The molecular weight excluding hydrogens is 306 g/mol. The SMILES string of the molecule is N#Cc1ccc(N=Cc2cccn2-c2ccc3ccccc3c2)cc1. The molecule has 0 radical (unpaired) electrons. The van der Waals surface area contributed by atoms with Crippen LogP contribution in [0.4, 0.5) is 5.69 Å². The molecule has 118 valence electrons. The van der Waals surface area contributed by atoms with Gasteiger partial charge >= 0.3 is 0 Å². The van der Waals surface area contributed by atoms with Gasteiger partial charge in [0, 0.05) is 11.9 Å². The Balaban J connectivity index is 1.67. The van der Waals surface area contributed by atoms with Gasteiger partial charge in [-0.25, -0.2) is 0 Å². The normalized spacial score (nSPS) is 11.0. The van der Waals surface area contributed by atoms with Crippen molar-refractivity contribution in [1.29, 1.82) is 5.26 Å². The lowest BCUT2D eigenvalue weighted by Gasteiger charge is -2.08. The van der Waals surface area contributed by atoms with E-state index in [0.717, 1.165) is 17.1 Å². The van der Waals surface area contributed by atoms with Crippen LogP contribution in [0.5, 0.6) is 0 Å². The van der Waals surface area contributed by atoms with Crippen LogP contribution in [-0.2, 0) is 0 Å². The van der Waals surface area contributed by atoms with Gasteiger partial charge in [-0.2, -0.15) is 5.26 Å². The van der Waals surface area contributed by atoms with E-state index in [9.17, 15) is 0 Å². The molecule has 0 saturated carbocycles. The summed E-state index contributed by atoms with van der Waals surface area (Å²) in [5.41, 5.74) is 3.56. The number of aliphatic imine (C=N–C) groups is 1. The summed E-state index contributed by atoms with van der Waals surface area (Å²) in [5, 5.41) is 11.3. The molecule has 0 saturated heterocycles. The maximum Gasteiger partial charge on any atom is 0.0991 e. The van der Waals surface area contributed by atoms with Crippen molar-refractivity contribution in [3.8, 4) is 11.8 Å². The standard InChI is InChI=1S/C22H15N3/c23-15-17-7-10-20(11-8-17)24-16-22-6-3-13-25(22)21-12-9-18-4-1-2-5-19(18)14-21/h1-14,16H. The van der Waals surface area contributed by atoms with Gasteiger partial charge < -0.3 is 4.57 Å². The maximum absolute atomic E-state index is 8.85. The number of nitrogens with zero attached hydrogens (tertiary/aromatic N) is 3. The van der Waals surface area contributed by atoms with Crippen molar-refractivity contribution in [3.05, 3.63) is 96.3 Å². The topological polar surface area (TPSA) is 41.1 Å². The molecule has 4 aromatic rings. The monoisotopic (exact) mass is 321 g/mol. The molecule has 0 aliphatic rings. The summed E-state index contributed by atoms with van der Waals surface area (Å²) in [5.74, 6) is 0. The van der Waals surface area contributed by atoms with E-state index in [-0.39, 0.29) is 0 Å². The first-order chi connectivity index (χ1) is 12.3. The van der Waals surface area contributed by atoms with Crippen LogP contribution in [0.15, 0.2) is 90.1 Å². The molecule has 0 fully saturated rings. The number of hydrogen-bond donors (Lipinski definition) is 0. The van der Waals surface area contributed by atoms with Crippen molar-refractivity contribution >= 4 is 22.7 Å². The number of benzene rings is 3. The van der Waals surface area contributed by atoms with Gasteiger partial charge in [0.05, 0.1) is 29.2 Å². The van der Waals surface area contributed by atoms with Gasteiger partial charge in [-0.05, 0) is 59.3 Å². The smallest absolute Gasteiger partial charge is 0.0991 e. The van der Waals surface area contributed by atoms with E-state index in [1.54, 1.807) is 12.1 Å². The second-order valence-electron chi connectivity index (χ2n) is 5.75. The third-order valence-corrected chi connectivity index (χ3v) is 4.13. The minimum atomic E-state index is 0.637. The van der Waals surface area contributed by atoms with Crippen LogP contribution in [0.25, 0.3) is 16.5 Å². The van der Waals surface area contributed by atoms with E-state index >= 15 is 0 Å². The molecule has 0 bridgehead atoms. The third kappa shape index (κ3) is 3.06. The van der Waals surface area contributed by atoms with Crippen LogP contribution in [-0.4, -0.2) is 10.8 Å². The second-order valence-corrected chi connectivity index (χ2v) is 5.75. The van der Waals surface area contributed by atoms with Crippen LogP contribution in [0.3, 0.4) is 0 Å². The molecule has 3 heteroatoms. The lowest BCUT2D eigenvalue weighted by molar-refractivity contribution is 1.07. The number of aromatic nitrogens is 1. The Labute approximate surface area is 146 Å². The molecular formula is C22H15N3. The van der Waals surface area contributed by atoms with Gasteiger partial charge in [-0.15, -0.1) is 0 Å². The van der Waals surface area contributed by atoms with E-state index in [4.69, 9.17) is 5.26 Å². The molecule has 0 amide bonds. The average molecular weight is 321 g/mol. The fourth-order valence-electron chi connectivity index (χ4n) is 2.82. The van der Waals surface area contributed by atoms with Crippen molar-refractivity contribution in [2.45, 2.75) is 0 Å². The highest BCUT2D eigenvalue weighted by Crippen LogP contribution is 2.20. The summed E-state index contributed by atoms with van der Waals surface area (Å²) < 4.78 is 2.11. The van der Waals surface area contributed by atoms with E-state index in [1.807, 2.05) is 42.7 Å². The molecule has 3 nitrogen and oxygen atoms in total. The van der Waals surface area contributed by atoms with Gasteiger partial charge in [0.25, 0.3) is 0 Å². The molecule has 0 N–H and O–H groups in total. The number of hydrogen-bond acceptors (Lipinski definition) is 2. The predicted molar refractivity (Wildman–Crippen MR) is 102 cm³/mol. The van der Waals surface area contributed by atoms with E-state index in [2.05, 4.69) is 52.0 Å². The molecule has 0 aliphatic carbocycles. The molecule has 0 atom stereocenters. The second kappa shape index (κ2) is 6.46. The Kier molecular flexibility index (Phi) is 3.86. The third-order valence-electron chi connectivity index (χ3n) is 4.13. The average Bonchev–Trinajstić information content (AvgIpc) is 3.15. The first kappa shape index (κ1) is 14.9. The Morgan fingerprint density at radius 3 is 2.44 bits per heavy atom. The summed E-state index contributed by atoms with van der Waals surface area (Å²) in [4.78, 5) is 4.52. The summed E-state index contributed by atoms with van der Waals surface area (Å²) >= 11 is 0. The van der Waals surface area contributed by atoms with Crippen molar-refractivity contribution < 1.29 is 0 Å². The molecule has 0 spiro atoms. The zero-order valence-corrected chi connectivity index (χ0v) is 13.5. The first-order valence-corrected chi connectivity index (χ1v) is 8.04. The van der Waals surface area contributed by atoms with E-state index < -0.39 is 0 Å². The summed E-state index contributed by atoms with van der Waals surface area (Å²) in [6.07, 6.45) is 3.88. The molecule has 1 aromatic heterocycles. The molecule has 0 aliphatic heterocycles. The van der Waals surface area contributed by atoms with E-state index in [0.29, 0.717) is 5.56 Å². The lowest BCUT2D eigenvalue weighted by atomic mass is 10.1. The molecule has 3 aromatic carbocycles. The molecule has 1 heterocycles. The summed E-state index contributed by atoms with van der Waals surface area (Å²) in [6.45, 7) is 0. The Hall–Kier alpha value is -3.64. The van der Waals surface area contributed by atoms with Crippen molar-refractivity contribution in [1.82, 2.24) is 4.57 Å². The van der Waals surface area contributed by atoms with Gasteiger partial charge in [-0.3, -0.25) is 4.99 Å². The van der Waals surface area contributed by atoms with Crippen LogP contribution in [0.2, 0.25) is 0 Å². The quantitative estimate of drug-likeness (QED) is 0.475. The van der Waals surface area contributed by atoms with Crippen molar-refractivity contribution in [3.63, 3.8) is 0 Å². The highest BCUT2D eigenvalue weighted by Gasteiger charge is 2.02. The fourth-order valence-corrected chi connectivity index (χ4v) is 2.82. The number of fused-ring (bicyclic) bond motifs is 1. The minimum Gasteiger partial charge on any atom is -0.316 e. The Morgan fingerprint density at radius 2 is 1.64 bits per heavy atom. The highest BCUT2D eigenvalue weighted by molar-refractivity contribution is 5.86. The van der Waals surface area contributed by atoms with Gasteiger partial charge in [0.1, 0.15) is 0 Å². The van der Waals surface area contributed by atoms with Crippen LogP contribution < -0.4 is 0 Å². The fraction of sp³-hybridized carbons (Fsp3) is 0. The largest absolute Gasteiger partial charge is 0.316 e. The van der Waals surface area contributed by atoms with E-state index in [1.165, 1.54) is 10.8 Å². The molecule has 4 rings (SSSR count). The Bertz CT molecular complexity index is 1100. The van der Waals surface area contributed by atoms with Crippen LogP contribution >= 0.6 is 0 Å². The number of rotatable bonds is 3. The van der Waals surface area contributed by atoms with Gasteiger partial charge in [0.2, 0.25) is 0 Å². The molecule has 0 unspecified atom stereocenters.